The van der Waals surface area contributed by atoms with Crippen LogP contribution in [-0.4, -0.2) is 50.3 Å². The number of urea groups is 1. The molecule has 0 aliphatic carbocycles. The summed E-state index contributed by atoms with van der Waals surface area (Å²) in [6.45, 7) is 3.26. The van der Waals surface area contributed by atoms with Gasteiger partial charge in [0.25, 0.3) is 0 Å². The van der Waals surface area contributed by atoms with Crippen LogP contribution in [0.25, 0.3) is 0 Å². The Kier molecular flexibility index (Phi) is 5.64. The summed E-state index contributed by atoms with van der Waals surface area (Å²) in [6, 6.07) is 3.64. The first-order chi connectivity index (χ1) is 10.1. The number of amides is 2. The molecule has 0 aromatic carbocycles. The lowest BCUT2D eigenvalue weighted by molar-refractivity contribution is 0.0859. The summed E-state index contributed by atoms with van der Waals surface area (Å²) in [5, 5.41) is 5.84. The van der Waals surface area contributed by atoms with Gasteiger partial charge in [-0.2, -0.15) is 0 Å². The maximum absolute atomic E-state index is 12.0. The number of ether oxygens (including phenoxy) is 1. The number of carbonyl (C=O) groups excluding carboxylic acids is 1. The monoisotopic (exact) mass is 295 g/mol. The number of likely N-dealkylation sites (N-methyl/N-ethyl adjacent to an activating group) is 1. The lowest BCUT2D eigenvalue weighted by Crippen LogP contribution is -2.47. The SMILES string of the molecule is C[C@H](NC(=O)NC[C@H](c1ccco1)N(C)C)[C@H]1CCCO1. The van der Waals surface area contributed by atoms with Gasteiger partial charge in [0.1, 0.15) is 5.76 Å². The lowest BCUT2D eigenvalue weighted by atomic mass is 10.1. The van der Waals surface area contributed by atoms with Crippen molar-refractivity contribution in [3.8, 4) is 0 Å². The third-order valence-corrected chi connectivity index (χ3v) is 3.83. The molecule has 1 aromatic heterocycles. The van der Waals surface area contributed by atoms with Crippen LogP contribution in [0.15, 0.2) is 22.8 Å². The minimum atomic E-state index is -0.170. The molecule has 3 atom stereocenters. The summed E-state index contributed by atoms with van der Waals surface area (Å²) in [7, 11) is 3.92. The van der Waals surface area contributed by atoms with Crippen molar-refractivity contribution in [2.75, 3.05) is 27.2 Å². The van der Waals surface area contributed by atoms with Gasteiger partial charge in [0.15, 0.2) is 0 Å². The van der Waals surface area contributed by atoms with Gasteiger partial charge in [-0.3, -0.25) is 4.90 Å². The molecule has 2 N–H and O–H groups in total. The van der Waals surface area contributed by atoms with Crippen LogP contribution in [0, 0.1) is 0 Å². The van der Waals surface area contributed by atoms with Gasteiger partial charge in [-0.25, -0.2) is 4.79 Å². The Bertz CT molecular complexity index is 427. The van der Waals surface area contributed by atoms with Crippen molar-refractivity contribution in [3.63, 3.8) is 0 Å². The van der Waals surface area contributed by atoms with Crippen LogP contribution in [0.4, 0.5) is 4.79 Å². The van der Waals surface area contributed by atoms with Crippen LogP contribution in [0.2, 0.25) is 0 Å². The second-order valence-electron chi connectivity index (χ2n) is 5.69. The normalized spacial score (nSPS) is 21.2. The standard InChI is InChI=1S/C15H25N3O3/c1-11(13-6-4-8-20-13)17-15(19)16-10-12(18(2)3)14-7-5-9-21-14/h5,7,9,11-13H,4,6,8,10H2,1-3H3,(H2,16,17,19)/t11-,12+,13+/m0/s1. The van der Waals surface area contributed by atoms with E-state index in [2.05, 4.69) is 10.6 Å². The molecule has 0 bridgehead atoms. The van der Waals surface area contributed by atoms with Crippen LogP contribution < -0.4 is 10.6 Å². The Morgan fingerprint density at radius 3 is 2.90 bits per heavy atom. The molecule has 1 aliphatic heterocycles. The van der Waals surface area contributed by atoms with Crippen molar-refractivity contribution in [2.45, 2.75) is 38.0 Å². The predicted octanol–water partition coefficient (Wildman–Crippen LogP) is 1.75. The number of carbonyl (C=O) groups is 1. The fraction of sp³-hybridized carbons (Fsp3) is 0.667. The third kappa shape index (κ3) is 4.47. The molecule has 118 valence electrons. The summed E-state index contributed by atoms with van der Waals surface area (Å²) in [6.07, 6.45) is 3.85. The zero-order valence-corrected chi connectivity index (χ0v) is 13.0. The number of rotatable bonds is 6. The van der Waals surface area contributed by atoms with Crippen molar-refractivity contribution < 1.29 is 13.9 Å². The molecular formula is C15H25N3O3. The first-order valence-electron chi connectivity index (χ1n) is 7.43. The highest BCUT2D eigenvalue weighted by Gasteiger charge is 2.24. The van der Waals surface area contributed by atoms with E-state index in [4.69, 9.17) is 9.15 Å². The Morgan fingerprint density at radius 1 is 1.52 bits per heavy atom. The molecule has 1 saturated heterocycles. The van der Waals surface area contributed by atoms with E-state index in [1.807, 2.05) is 38.1 Å². The number of hydrogen-bond acceptors (Lipinski definition) is 4. The first-order valence-corrected chi connectivity index (χ1v) is 7.43. The van der Waals surface area contributed by atoms with Crippen molar-refractivity contribution in [2.24, 2.45) is 0 Å². The molecule has 0 unspecified atom stereocenters. The van der Waals surface area contributed by atoms with Gasteiger partial charge in [0, 0.05) is 13.2 Å². The second kappa shape index (κ2) is 7.47. The average Bonchev–Trinajstić information content (AvgIpc) is 3.12. The second-order valence-corrected chi connectivity index (χ2v) is 5.69. The molecule has 6 heteroatoms. The van der Waals surface area contributed by atoms with E-state index in [1.54, 1.807) is 6.26 Å². The van der Waals surface area contributed by atoms with E-state index in [0.717, 1.165) is 25.2 Å². The summed E-state index contributed by atoms with van der Waals surface area (Å²) in [5.41, 5.74) is 0. The smallest absolute Gasteiger partial charge is 0.315 e. The molecule has 2 amide bonds. The van der Waals surface area contributed by atoms with E-state index < -0.39 is 0 Å². The zero-order valence-electron chi connectivity index (χ0n) is 13.0. The molecule has 21 heavy (non-hydrogen) atoms. The van der Waals surface area contributed by atoms with Crippen LogP contribution in [0.1, 0.15) is 31.6 Å². The van der Waals surface area contributed by atoms with Gasteiger partial charge in [0.05, 0.1) is 24.5 Å². The van der Waals surface area contributed by atoms with E-state index in [-0.39, 0.29) is 24.2 Å². The van der Waals surface area contributed by atoms with Crippen molar-refractivity contribution in [3.05, 3.63) is 24.2 Å². The fourth-order valence-electron chi connectivity index (χ4n) is 2.56. The Balaban J connectivity index is 1.79. The molecule has 2 heterocycles. The van der Waals surface area contributed by atoms with E-state index in [9.17, 15) is 4.79 Å². The summed E-state index contributed by atoms with van der Waals surface area (Å²) < 4.78 is 11.0. The van der Waals surface area contributed by atoms with Crippen molar-refractivity contribution in [1.82, 2.24) is 15.5 Å². The largest absolute Gasteiger partial charge is 0.468 e. The highest BCUT2D eigenvalue weighted by molar-refractivity contribution is 5.74. The van der Waals surface area contributed by atoms with Gasteiger partial charge >= 0.3 is 6.03 Å². The molecule has 0 spiro atoms. The van der Waals surface area contributed by atoms with Gasteiger partial charge < -0.3 is 19.8 Å². The van der Waals surface area contributed by atoms with E-state index in [1.165, 1.54) is 0 Å². The molecule has 1 aliphatic rings. The van der Waals surface area contributed by atoms with Crippen molar-refractivity contribution >= 4 is 6.03 Å². The number of nitrogens with one attached hydrogen (secondary N) is 2. The number of hydrogen-bond donors (Lipinski definition) is 2. The maximum Gasteiger partial charge on any atom is 0.315 e. The number of furan rings is 1. The van der Waals surface area contributed by atoms with Gasteiger partial charge in [-0.1, -0.05) is 0 Å². The molecular weight excluding hydrogens is 270 g/mol. The van der Waals surface area contributed by atoms with Gasteiger partial charge in [-0.05, 0) is 46.0 Å². The number of nitrogens with zero attached hydrogens (tertiary/aromatic N) is 1. The molecule has 0 saturated carbocycles. The topological polar surface area (TPSA) is 66.7 Å². The maximum atomic E-state index is 12.0. The summed E-state index contributed by atoms with van der Waals surface area (Å²) >= 11 is 0. The third-order valence-electron chi connectivity index (χ3n) is 3.83. The van der Waals surface area contributed by atoms with Crippen LogP contribution >= 0.6 is 0 Å². The predicted molar refractivity (Wildman–Crippen MR) is 80.1 cm³/mol. The highest BCUT2D eigenvalue weighted by atomic mass is 16.5. The van der Waals surface area contributed by atoms with Gasteiger partial charge in [-0.15, -0.1) is 0 Å². The van der Waals surface area contributed by atoms with Gasteiger partial charge in [0.2, 0.25) is 0 Å². The summed E-state index contributed by atoms with van der Waals surface area (Å²) in [5.74, 6) is 0.840. The average molecular weight is 295 g/mol. The minimum absolute atomic E-state index is 0.0174. The molecule has 1 aromatic rings. The molecule has 0 radical (unpaired) electrons. The van der Waals surface area contributed by atoms with Crippen LogP contribution in [0.5, 0.6) is 0 Å². The zero-order chi connectivity index (χ0) is 15.2. The van der Waals surface area contributed by atoms with Crippen LogP contribution in [-0.2, 0) is 4.74 Å². The summed E-state index contributed by atoms with van der Waals surface area (Å²) in [4.78, 5) is 14.0. The molecule has 6 nitrogen and oxygen atoms in total. The van der Waals surface area contributed by atoms with Crippen molar-refractivity contribution in [1.29, 1.82) is 0 Å². The van der Waals surface area contributed by atoms with E-state index >= 15 is 0 Å². The fourth-order valence-corrected chi connectivity index (χ4v) is 2.56. The Hall–Kier alpha value is -1.53. The van der Waals surface area contributed by atoms with Crippen LogP contribution in [0.3, 0.4) is 0 Å². The first kappa shape index (κ1) is 15.9. The Morgan fingerprint density at radius 2 is 2.33 bits per heavy atom. The lowest BCUT2D eigenvalue weighted by Gasteiger charge is -2.24. The molecule has 2 rings (SSSR count). The minimum Gasteiger partial charge on any atom is -0.468 e. The van der Waals surface area contributed by atoms with E-state index in [0.29, 0.717) is 6.54 Å². The highest BCUT2D eigenvalue weighted by Crippen LogP contribution is 2.18. The quantitative estimate of drug-likeness (QED) is 0.839. The Labute approximate surface area is 125 Å². The molecule has 1 fully saturated rings.